The molecular weight excluding hydrogens is 152 g/mol. The number of nitrogens with zero attached hydrogens (tertiary/aromatic N) is 1. The molecule has 3 nitrogen and oxygen atoms in total. The Bertz CT molecular complexity index is 473. The Balaban J connectivity index is 2.99. The lowest BCUT2D eigenvalue weighted by Gasteiger charge is -1.98. The van der Waals surface area contributed by atoms with Gasteiger partial charge in [-0.2, -0.15) is 0 Å². The van der Waals surface area contributed by atoms with Crippen LogP contribution in [0.5, 0.6) is 0 Å². The van der Waals surface area contributed by atoms with Crippen molar-refractivity contribution in [3.05, 3.63) is 40.4 Å². The van der Waals surface area contributed by atoms with Crippen molar-refractivity contribution in [3.63, 3.8) is 0 Å². The summed E-state index contributed by atoms with van der Waals surface area (Å²) in [6.07, 6.45) is 3.42. The molecule has 2 rings (SSSR count). The van der Waals surface area contributed by atoms with Gasteiger partial charge in [0, 0.05) is 23.8 Å². The van der Waals surface area contributed by atoms with Crippen LogP contribution in [0.2, 0.25) is 0 Å². The van der Waals surface area contributed by atoms with Crippen LogP contribution in [0.15, 0.2) is 29.3 Å². The molecule has 0 aliphatic rings. The topological polar surface area (TPSA) is 45.8 Å². The number of hydrogen-bond acceptors (Lipinski definition) is 2. The Morgan fingerprint density at radius 3 is 3.17 bits per heavy atom. The van der Waals surface area contributed by atoms with Gasteiger partial charge in [-0.05, 0) is 18.6 Å². The maximum atomic E-state index is 11.0. The number of rotatable bonds is 0. The van der Waals surface area contributed by atoms with Gasteiger partial charge in [0.25, 0.3) is 0 Å². The van der Waals surface area contributed by atoms with Crippen molar-refractivity contribution < 1.29 is 0 Å². The Kier molecular flexibility index (Phi) is 1.43. The zero-order valence-corrected chi connectivity index (χ0v) is 6.66. The van der Waals surface area contributed by atoms with Gasteiger partial charge in [-0.25, -0.2) is 0 Å². The molecule has 0 saturated heterocycles. The lowest BCUT2D eigenvalue weighted by atomic mass is 10.2. The number of nitrogens with one attached hydrogen (secondary N) is 1. The van der Waals surface area contributed by atoms with Crippen LogP contribution < -0.4 is 5.56 Å². The van der Waals surface area contributed by atoms with Gasteiger partial charge in [0.05, 0.1) is 5.52 Å². The summed E-state index contributed by atoms with van der Waals surface area (Å²) in [5, 5.41) is 0.997. The first-order valence-corrected chi connectivity index (χ1v) is 3.71. The van der Waals surface area contributed by atoms with Gasteiger partial charge < -0.3 is 4.98 Å². The molecule has 0 bridgehead atoms. The molecule has 2 aromatic heterocycles. The summed E-state index contributed by atoms with van der Waals surface area (Å²) in [7, 11) is 0. The van der Waals surface area contributed by atoms with E-state index in [1.807, 2.05) is 6.92 Å². The van der Waals surface area contributed by atoms with Gasteiger partial charge in [0.15, 0.2) is 0 Å². The molecule has 3 heteroatoms. The summed E-state index contributed by atoms with van der Waals surface area (Å²) in [6.45, 7) is 1.90. The Hall–Kier alpha value is -1.64. The average Bonchev–Trinajstić information content (AvgIpc) is 2.04. The van der Waals surface area contributed by atoms with E-state index in [9.17, 15) is 4.79 Å². The molecule has 0 atom stereocenters. The highest BCUT2D eigenvalue weighted by Gasteiger charge is 1.96. The second kappa shape index (κ2) is 2.44. The van der Waals surface area contributed by atoms with Crippen molar-refractivity contribution in [3.8, 4) is 0 Å². The fourth-order valence-corrected chi connectivity index (χ4v) is 1.26. The molecule has 0 radical (unpaired) electrons. The zero-order valence-electron chi connectivity index (χ0n) is 6.66. The number of aromatic amines is 1. The molecule has 0 amide bonds. The molecule has 0 unspecified atom stereocenters. The standard InChI is InChI=1S/C9H8N2O/c1-6-4-9(12)11-8-2-3-10-5-7(6)8/h2-5H,1H3,(H,11,12). The highest BCUT2D eigenvalue weighted by atomic mass is 16.1. The highest BCUT2D eigenvalue weighted by molar-refractivity contribution is 5.80. The van der Waals surface area contributed by atoms with Crippen molar-refractivity contribution in [1.82, 2.24) is 9.97 Å². The van der Waals surface area contributed by atoms with Crippen molar-refractivity contribution in [1.29, 1.82) is 0 Å². The first kappa shape index (κ1) is 7.03. The van der Waals surface area contributed by atoms with Crippen LogP contribution in [0, 0.1) is 6.92 Å². The normalized spacial score (nSPS) is 10.4. The van der Waals surface area contributed by atoms with Crippen molar-refractivity contribution in [2.24, 2.45) is 0 Å². The fraction of sp³-hybridized carbons (Fsp3) is 0.111. The number of hydrogen-bond donors (Lipinski definition) is 1. The number of pyridine rings is 2. The second-order valence-electron chi connectivity index (χ2n) is 2.74. The summed E-state index contributed by atoms with van der Waals surface area (Å²) in [5.41, 5.74) is 1.74. The van der Waals surface area contributed by atoms with E-state index in [2.05, 4.69) is 9.97 Å². The van der Waals surface area contributed by atoms with Crippen LogP contribution in [0.25, 0.3) is 10.9 Å². The molecule has 0 spiro atoms. The van der Waals surface area contributed by atoms with E-state index < -0.39 is 0 Å². The van der Waals surface area contributed by atoms with E-state index in [-0.39, 0.29) is 5.56 Å². The second-order valence-corrected chi connectivity index (χ2v) is 2.74. The van der Waals surface area contributed by atoms with E-state index in [4.69, 9.17) is 0 Å². The maximum absolute atomic E-state index is 11.0. The minimum Gasteiger partial charge on any atom is -0.322 e. The summed E-state index contributed by atoms with van der Waals surface area (Å²) < 4.78 is 0. The first-order valence-electron chi connectivity index (χ1n) is 3.71. The predicted molar refractivity (Wildman–Crippen MR) is 47.1 cm³/mol. The van der Waals surface area contributed by atoms with Gasteiger partial charge in [-0.1, -0.05) is 0 Å². The molecule has 0 aliphatic heterocycles. The molecule has 12 heavy (non-hydrogen) atoms. The molecule has 2 heterocycles. The highest BCUT2D eigenvalue weighted by Crippen LogP contribution is 2.10. The third-order valence-corrected chi connectivity index (χ3v) is 1.85. The lowest BCUT2D eigenvalue weighted by molar-refractivity contribution is 1.25. The summed E-state index contributed by atoms with van der Waals surface area (Å²) in [6, 6.07) is 3.37. The first-order chi connectivity index (χ1) is 5.77. The van der Waals surface area contributed by atoms with Gasteiger partial charge in [-0.3, -0.25) is 9.78 Å². The van der Waals surface area contributed by atoms with E-state index in [1.54, 1.807) is 24.5 Å². The van der Waals surface area contributed by atoms with Gasteiger partial charge in [-0.15, -0.1) is 0 Å². The smallest absolute Gasteiger partial charge is 0.248 e. The van der Waals surface area contributed by atoms with E-state index >= 15 is 0 Å². The number of aryl methyl sites for hydroxylation is 1. The van der Waals surface area contributed by atoms with E-state index in [0.717, 1.165) is 16.5 Å². The molecule has 0 fully saturated rings. The quantitative estimate of drug-likeness (QED) is 0.630. The number of H-pyrrole nitrogens is 1. The Labute approximate surface area is 69.1 Å². The minimum atomic E-state index is -0.0637. The molecule has 0 aromatic carbocycles. The van der Waals surface area contributed by atoms with E-state index in [1.165, 1.54) is 0 Å². The summed E-state index contributed by atoms with van der Waals surface area (Å²) in [4.78, 5) is 17.7. The predicted octanol–water partition coefficient (Wildman–Crippen LogP) is 1.23. The van der Waals surface area contributed by atoms with Crippen LogP contribution in [0.4, 0.5) is 0 Å². The Morgan fingerprint density at radius 1 is 1.50 bits per heavy atom. The van der Waals surface area contributed by atoms with Crippen molar-refractivity contribution >= 4 is 10.9 Å². The van der Waals surface area contributed by atoms with Crippen LogP contribution in [-0.2, 0) is 0 Å². The van der Waals surface area contributed by atoms with Gasteiger partial charge >= 0.3 is 0 Å². The van der Waals surface area contributed by atoms with Crippen molar-refractivity contribution in [2.75, 3.05) is 0 Å². The zero-order chi connectivity index (χ0) is 8.55. The molecule has 0 saturated carbocycles. The largest absolute Gasteiger partial charge is 0.322 e. The molecule has 60 valence electrons. The van der Waals surface area contributed by atoms with Crippen molar-refractivity contribution in [2.45, 2.75) is 6.92 Å². The molecule has 0 aliphatic carbocycles. The van der Waals surface area contributed by atoms with Crippen LogP contribution in [0.3, 0.4) is 0 Å². The summed E-state index contributed by atoms with van der Waals surface area (Å²) in [5.74, 6) is 0. The van der Waals surface area contributed by atoms with Gasteiger partial charge in [0.1, 0.15) is 0 Å². The summed E-state index contributed by atoms with van der Waals surface area (Å²) >= 11 is 0. The fourth-order valence-electron chi connectivity index (χ4n) is 1.26. The molecule has 1 N–H and O–H groups in total. The van der Waals surface area contributed by atoms with E-state index in [0.29, 0.717) is 0 Å². The van der Waals surface area contributed by atoms with Crippen LogP contribution >= 0.6 is 0 Å². The minimum absolute atomic E-state index is 0.0637. The lowest BCUT2D eigenvalue weighted by Crippen LogP contribution is -2.04. The molecular formula is C9H8N2O. The molecule has 2 aromatic rings. The third kappa shape index (κ3) is 0.993. The van der Waals surface area contributed by atoms with Gasteiger partial charge in [0.2, 0.25) is 5.56 Å². The average molecular weight is 160 g/mol. The van der Waals surface area contributed by atoms with Crippen LogP contribution in [0.1, 0.15) is 5.56 Å². The van der Waals surface area contributed by atoms with Crippen LogP contribution in [-0.4, -0.2) is 9.97 Å². The monoisotopic (exact) mass is 160 g/mol. The SMILES string of the molecule is Cc1cc(=O)[nH]c2ccncc12. The third-order valence-electron chi connectivity index (χ3n) is 1.85. The maximum Gasteiger partial charge on any atom is 0.248 e. The Morgan fingerprint density at radius 2 is 2.33 bits per heavy atom. The number of fused-ring (bicyclic) bond motifs is 1. The number of aromatic nitrogens is 2.